The Morgan fingerprint density at radius 1 is 1.04 bits per heavy atom. The number of hydrogen-bond acceptors (Lipinski definition) is 4. The number of amides is 1. The van der Waals surface area contributed by atoms with E-state index in [0.717, 1.165) is 22.3 Å². The number of thioether (sulfide) groups is 1. The lowest BCUT2D eigenvalue weighted by Crippen LogP contribution is -2.14. The van der Waals surface area contributed by atoms with Crippen LogP contribution in [0.15, 0.2) is 82.4 Å². The quantitative estimate of drug-likeness (QED) is 0.429. The molecule has 1 amide bonds. The predicted octanol–water partition coefficient (Wildman–Crippen LogP) is 5.88. The molecule has 0 radical (unpaired) electrons. The average Bonchev–Trinajstić information content (AvgIpc) is 3.09. The molecule has 0 atom stereocenters. The average molecular weight is 395 g/mol. The lowest BCUT2D eigenvalue weighted by molar-refractivity contribution is -0.113. The van der Waals surface area contributed by atoms with Gasteiger partial charge in [0.1, 0.15) is 5.52 Å². The second-order valence-electron chi connectivity index (χ2n) is 5.84. The number of oxazole rings is 1. The van der Waals surface area contributed by atoms with Crippen molar-refractivity contribution in [1.29, 1.82) is 0 Å². The van der Waals surface area contributed by atoms with Gasteiger partial charge in [0, 0.05) is 22.3 Å². The van der Waals surface area contributed by atoms with Crippen molar-refractivity contribution in [1.82, 2.24) is 4.98 Å². The van der Waals surface area contributed by atoms with Crippen LogP contribution in [0.1, 0.15) is 0 Å². The molecule has 6 heteroatoms. The summed E-state index contributed by atoms with van der Waals surface area (Å²) >= 11 is 7.20. The largest absolute Gasteiger partial charge is 0.431 e. The lowest BCUT2D eigenvalue weighted by Gasteiger charge is -2.10. The molecule has 1 N–H and O–H groups in total. The zero-order valence-corrected chi connectivity index (χ0v) is 15.8. The number of hydrogen-bond donors (Lipinski definition) is 1. The molecular weight excluding hydrogens is 380 g/mol. The Morgan fingerprint density at radius 3 is 2.67 bits per heavy atom. The second-order valence-corrected chi connectivity index (χ2v) is 7.20. The van der Waals surface area contributed by atoms with Crippen LogP contribution in [0.2, 0.25) is 5.02 Å². The topological polar surface area (TPSA) is 55.1 Å². The van der Waals surface area contributed by atoms with Crippen LogP contribution in [0.25, 0.3) is 22.2 Å². The van der Waals surface area contributed by atoms with Gasteiger partial charge in [-0.3, -0.25) is 4.79 Å². The third-order valence-electron chi connectivity index (χ3n) is 3.94. The minimum absolute atomic E-state index is 0.122. The molecule has 0 saturated carbocycles. The van der Waals surface area contributed by atoms with E-state index in [9.17, 15) is 4.79 Å². The highest BCUT2D eigenvalue weighted by atomic mass is 35.5. The number of rotatable bonds is 5. The van der Waals surface area contributed by atoms with Crippen molar-refractivity contribution in [2.45, 2.75) is 5.22 Å². The third-order valence-corrected chi connectivity index (χ3v) is 5.01. The van der Waals surface area contributed by atoms with Crippen molar-refractivity contribution < 1.29 is 9.21 Å². The molecule has 4 rings (SSSR count). The number of fused-ring (bicyclic) bond motifs is 1. The Labute approximate surface area is 165 Å². The van der Waals surface area contributed by atoms with Crippen molar-refractivity contribution in [3.05, 3.63) is 77.8 Å². The second kappa shape index (κ2) is 7.86. The Bertz CT molecular complexity index is 1100. The molecule has 4 aromatic rings. The number of aromatic nitrogens is 1. The number of nitrogens with zero attached hydrogens (tertiary/aromatic N) is 1. The maximum atomic E-state index is 12.4. The standard InChI is InChI=1S/C21H15ClN2O2S/c22-15-10-11-18-19(12-15)26-21(24-18)27-13-20(25)23-17-9-5-4-8-16(17)14-6-2-1-3-7-14/h1-12H,13H2,(H,23,25). The first-order chi connectivity index (χ1) is 13.2. The molecule has 0 aliphatic rings. The molecule has 0 aliphatic heterocycles. The summed E-state index contributed by atoms with van der Waals surface area (Å²) in [5.41, 5.74) is 4.14. The van der Waals surface area contributed by atoms with Gasteiger partial charge in [0.05, 0.1) is 5.75 Å². The highest BCUT2D eigenvalue weighted by molar-refractivity contribution is 7.99. The first-order valence-corrected chi connectivity index (χ1v) is 9.68. The van der Waals surface area contributed by atoms with Crippen LogP contribution in [-0.2, 0) is 4.79 Å². The van der Waals surface area contributed by atoms with E-state index in [1.165, 1.54) is 11.8 Å². The van der Waals surface area contributed by atoms with Gasteiger partial charge in [0.2, 0.25) is 5.91 Å². The van der Waals surface area contributed by atoms with Crippen molar-refractivity contribution in [3.8, 4) is 11.1 Å². The van der Waals surface area contributed by atoms with Gasteiger partial charge in [-0.2, -0.15) is 0 Å². The monoisotopic (exact) mass is 394 g/mol. The van der Waals surface area contributed by atoms with Crippen LogP contribution >= 0.6 is 23.4 Å². The van der Waals surface area contributed by atoms with Gasteiger partial charge in [-0.05, 0) is 23.8 Å². The van der Waals surface area contributed by atoms with Gasteiger partial charge < -0.3 is 9.73 Å². The van der Waals surface area contributed by atoms with Crippen LogP contribution in [0.4, 0.5) is 5.69 Å². The summed E-state index contributed by atoms with van der Waals surface area (Å²) in [7, 11) is 0. The normalized spacial score (nSPS) is 10.9. The smallest absolute Gasteiger partial charge is 0.257 e. The number of carbonyl (C=O) groups excluding carboxylic acids is 1. The molecule has 134 valence electrons. The predicted molar refractivity (Wildman–Crippen MR) is 110 cm³/mol. The highest BCUT2D eigenvalue weighted by Crippen LogP contribution is 2.29. The summed E-state index contributed by atoms with van der Waals surface area (Å²) in [6.45, 7) is 0. The molecule has 0 spiro atoms. The molecular formula is C21H15ClN2O2S. The van der Waals surface area contributed by atoms with Gasteiger partial charge >= 0.3 is 0 Å². The van der Waals surface area contributed by atoms with E-state index in [4.69, 9.17) is 16.0 Å². The minimum Gasteiger partial charge on any atom is -0.431 e. The fraction of sp³-hybridized carbons (Fsp3) is 0.0476. The van der Waals surface area contributed by atoms with Crippen molar-refractivity contribution >= 4 is 46.1 Å². The molecule has 4 nitrogen and oxygen atoms in total. The summed E-state index contributed by atoms with van der Waals surface area (Å²) in [6.07, 6.45) is 0. The molecule has 3 aromatic carbocycles. The van der Waals surface area contributed by atoms with E-state index in [2.05, 4.69) is 10.3 Å². The van der Waals surface area contributed by atoms with Crippen molar-refractivity contribution in [2.24, 2.45) is 0 Å². The zero-order chi connectivity index (χ0) is 18.6. The van der Waals surface area contributed by atoms with Crippen LogP contribution in [0.3, 0.4) is 0 Å². The van der Waals surface area contributed by atoms with Crippen LogP contribution in [0.5, 0.6) is 0 Å². The first-order valence-electron chi connectivity index (χ1n) is 8.32. The van der Waals surface area contributed by atoms with E-state index in [-0.39, 0.29) is 11.7 Å². The maximum absolute atomic E-state index is 12.4. The van der Waals surface area contributed by atoms with Crippen molar-refractivity contribution in [2.75, 3.05) is 11.1 Å². The molecule has 1 aromatic heterocycles. The van der Waals surface area contributed by atoms with Crippen molar-refractivity contribution in [3.63, 3.8) is 0 Å². The van der Waals surface area contributed by atoms with E-state index in [0.29, 0.717) is 15.8 Å². The number of anilines is 1. The molecule has 0 unspecified atom stereocenters. The highest BCUT2D eigenvalue weighted by Gasteiger charge is 2.12. The Morgan fingerprint density at radius 2 is 1.81 bits per heavy atom. The third kappa shape index (κ3) is 4.15. The van der Waals surface area contributed by atoms with Crippen LogP contribution < -0.4 is 5.32 Å². The summed E-state index contributed by atoms with van der Waals surface area (Å²) in [6, 6.07) is 23.0. The number of para-hydroxylation sites is 1. The lowest BCUT2D eigenvalue weighted by atomic mass is 10.0. The molecule has 0 saturated heterocycles. The van der Waals surface area contributed by atoms with E-state index < -0.39 is 0 Å². The number of halogens is 1. The summed E-state index contributed by atoms with van der Waals surface area (Å²) in [4.78, 5) is 16.8. The molecule has 1 heterocycles. The van der Waals surface area contributed by atoms with E-state index in [1.54, 1.807) is 18.2 Å². The minimum atomic E-state index is -0.122. The summed E-state index contributed by atoms with van der Waals surface area (Å²) in [5.74, 6) is 0.0765. The first kappa shape index (κ1) is 17.6. The molecule has 0 aliphatic carbocycles. The summed E-state index contributed by atoms with van der Waals surface area (Å²) < 4.78 is 5.63. The number of nitrogens with one attached hydrogen (secondary N) is 1. The Balaban J connectivity index is 1.45. The Hall–Kier alpha value is -2.76. The van der Waals surface area contributed by atoms with E-state index in [1.807, 2.05) is 54.6 Å². The van der Waals surface area contributed by atoms with Gasteiger partial charge in [0.25, 0.3) is 5.22 Å². The van der Waals surface area contributed by atoms with Gasteiger partial charge in [-0.1, -0.05) is 71.9 Å². The van der Waals surface area contributed by atoms with Crippen LogP contribution in [-0.4, -0.2) is 16.6 Å². The fourth-order valence-corrected chi connectivity index (χ4v) is 3.51. The number of benzene rings is 3. The van der Waals surface area contributed by atoms with Gasteiger partial charge in [-0.25, -0.2) is 4.98 Å². The Kier molecular flexibility index (Phi) is 5.14. The van der Waals surface area contributed by atoms with Gasteiger partial charge in [-0.15, -0.1) is 0 Å². The zero-order valence-electron chi connectivity index (χ0n) is 14.2. The van der Waals surface area contributed by atoms with Crippen LogP contribution in [0, 0.1) is 0 Å². The molecule has 0 fully saturated rings. The van der Waals surface area contributed by atoms with E-state index >= 15 is 0 Å². The molecule has 27 heavy (non-hydrogen) atoms. The fourth-order valence-electron chi connectivity index (χ4n) is 2.71. The number of carbonyl (C=O) groups is 1. The SMILES string of the molecule is O=C(CSc1nc2ccc(Cl)cc2o1)Nc1ccccc1-c1ccccc1. The summed E-state index contributed by atoms with van der Waals surface area (Å²) in [5, 5.41) is 4.00. The maximum Gasteiger partial charge on any atom is 0.257 e. The molecule has 0 bridgehead atoms. The van der Waals surface area contributed by atoms with Gasteiger partial charge in [0.15, 0.2) is 5.58 Å².